The van der Waals surface area contributed by atoms with Gasteiger partial charge in [0, 0.05) is 26.4 Å². The first-order valence-electron chi connectivity index (χ1n) is 9.02. The number of nitrogens with zero attached hydrogens (tertiary/aromatic N) is 5. The fourth-order valence-electron chi connectivity index (χ4n) is 3.82. The summed E-state index contributed by atoms with van der Waals surface area (Å²) in [4.78, 5) is 27.8. The van der Waals surface area contributed by atoms with Crippen LogP contribution in [0.4, 0.5) is 4.39 Å². The number of hydrogen-bond acceptors (Lipinski definition) is 4. The van der Waals surface area contributed by atoms with Gasteiger partial charge in [-0.1, -0.05) is 24.5 Å². The highest BCUT2D eigenvalue weighted by Crippen LogP contribution is 2.30. The summed E-state index contributed by atoms with van der Waals surface area (Å²) in [5, 5.41) is 7.86. The lowest BCUT2D eigenvalue weighted by atomic mass is 9.88. The van der Waals surface area contributed by atoms with Crippen molar-refractivity contribution in [3.05, 3.63) is 11.9 Å². The second-order valence-corrected chi connectivity index (χ2v) is 7.34. The molecule has 2 fully saturated rings. The van der Waals surface area contributed by atoms with Gasteiger partial charge < -0.3 is 9.80 Å². The van der Waals surface area contributed by atoms with Crippen LogP contribution in [-0.4, -0.2) is 69.5 Å². The molecule has 0 spiro atoms. The van der Waals surface area contributed by atoms with E-state index in [2.05, 4.69) is 10.3 Å². The van der Waals surface area contributed by atoms with Gasteiger partial charge in [0.2, 0.25) is 5.91 Å². The second kappa shape index (κ2) is 7.49. The molecule has 0 radical (unpaired) electrons. The molecule has 0 unspecified atom stereocenters. The van der Waals surface area contributed by atoms with Crippen LogP contribution >= 0.6 is 0 Å². The summed E-state index contributed by atoms with van der Waals surface area (Å²) in [5.41, 5.74) is 0.255. The Hall–Kier alpha value is -1.99. The van der Waals surface area contributed by atoms with E-state index in [9.17, 15) is 14.0 Å². The molecule has 2 aliphatic rings. The molecule has 2 amide bonds. The van der Waals surface area contributed by atoms with Crippen molar-refractivity contribution in [2.45, 2.75) is 57.3 Å². The van der Waals surface area contributed by atoms with Gasteiger partial charge in [0.1, 0.15) is 6.17 Å². The van der Waals surface area contributed by atoms with Crippen LogP contribution in [0.1, 0.15) is 49.0 Å². The fraction of sp³-hybridized carbons (Fsp3) is 0.765. The van der Waals surface area contributed by atoms with Crippen LogP contribution in [0.3, 0.4) is 0 Å². The largest absolute Gasteiger partial charge is 0.343 e. The number of alkyl halides is 1. The third-order valence-corrected chi connectivity index (χ3v) is 5.16. The van der Waals surface area contributed by atoms with Crippen LogP contribution in [0.5, 0.6) is 0 Å². The number of likely N-dealkylation sites (tertiary alicyclic amines) is 1. The third kappa shape index (κ3) is 3.99. The molecule has 3 rings (SSSR count). The number of amides is 2. The summed E-state index contributed by atoms with van der Waals surface area (Å²) >= 11 is 0. The van der Waals surface area contributed by atoms with Gasteiger partial charge in [-0.3, -0.25) is 9.59 Å². The standard InChI is InChI=1S/C17H26FN5O2/c1-21(2)17(25)15-11-22(20-19-15)10-14-8-13(18)9-23(14)16(24)12-6-4-3-5-7-12/h11-14H,3-10H2,1-2H3/t13-,14-/m0/s1. The van der Waals surface area contributed by atoms with E-state index in [1.807, 2.05) is 0 Å². The predicted molar refractivity (Wildman–Crippen MR) is 89.6 cm³/mol. The smallest absolute Gasteiger partial charge is 0.275 e. The van der Waals surface area contributed by atoms with Gasteiger partial charge in [-0.15, -0.1) is 5.10 Å². The van der Waals surface area contributed by atoms with Crippen molar-refractivity contribution < 1.29 is 14.0 Å². The highest BCUT2D eigenvalue weighted by atomic mass is 19.1. The molecule has 0 bridgehead atoms. The van der Waals surface area contributed by atoms with Gasteiger partial charge in [0.05, 0.1) is 25.3 Å². The first-order valence-corrected chi connectivity index (χ1v) is 9.02. The highest BCUT2D eigenvalue weighted by Gasteiger charge is 2.38. The minimum absolute atomic E-state index is 0.0307. The summed E-state index contributed by atoms with van der Waals surface area (Å²) in [6, 6.07) is -0.228. The van der Waals surface area contributed by atoms with Crippen molar-refractivity contribution in [1.82, 2.24) is 24.8 Å². The number of hydrogen-bond donors (Lipinski definition) is 0. The molecule has 1 saturated carbocycles. The zero-order valence-corrected chi connectivity index (χ0v) is 14.9. The second-order valence-electron chi connectivity index (χ2n) is 7.34. The summed E-state index contributed by atoms with van der Waals surface area (Å²) in [5.74, 6) is -0.117. The third-order valence-electron chi connectivity index (χ3n) is 5.16. The maximum Gasteiger partial charge on any atom is 0.275 e. The summed E-state index contributed by atoms with van der Waals surface area (Å²) in [6.45, 7) is 0.533. The summed E-state index contributed by atoms with van der Waals surface area (Å²) < 4.78 is 15.5. The van der Waals surface area contributed by atoms with Crippen molar-refractivity contribution in [3.8, 4) is 0 Å². The van der Waals surface area contributed by atoms with Gasteiger partial charge in [0.25, 0.3) is 5.91 Å². The monoisotopic (exact) mass is 351 g/mol. The number of rotatable bonds is 4. The summed E-state index contributed by atoms with van der Waals surface area (Å²) in [6.07, 6.45) is 6.03. The van der Waals surface area contributed by atoms with E-state index in [1.54, 1.807) is 29.9 Å². The SMILES string of the molecule is CN(C)C(=O)c1cn(C[C@@H]2C[C@H](F)CN2C(=O)C2CCCCC2)nn1. The Balaban J connectivity index is 1.67. The Labute approximate surface area is 147 Å². The van der Waals surface area contributed by atoms with Crippen molar-refractivity contribution in [2.75, 3.05) is 20.6 Å². The molecule has 8 heteroatoms. The molecule has 1 aromatic rings. The molecular weight excluding hydrogens is 325 g/mol. The van der Waals surface area contributed by atoms with Crippen LogP contribution in [-0.2, 0) is 11.3 Å². The Morgan fingerprint density at radius 2 is 2.00 bits per heavy atom. The lowest BCUT2D eigenvalue weighted by Crippen LogP contribution is -2.42. The van der Waals surface area contributed by atoms with Crippen LogP contribution in [0.15, 0.2) is 6.20 Å². The Kier molecular flexibility index (Phi) is 5.34. The van der Waals surface area contributed by atoms with E-state index in [-0.39, 0.29) is 36.0 Å². The van der Waals surface area contributed by atoms with Crippen LogP contribution in [0.25, 0.3) is 0 Å². The molecule has 2 heterocycles. The molecule has 1 aliphatic heterocycles. The van der Waals surface area contributed by atoms with E-state index in [1.165, 1.54) is 11.3 Å². The van der Waals surface area contributed by atoms with Crippen molar-refractivity contribution in [1.29, 1.82) is 0 Å². The van der Waals surface area contributed by atoms with E-state index in [0.29, 0.717) is 13.0 Å². The Morgan fingerprint density at radius 1 is 1.28 bits per heavy atom. The van der Waals surface area contributed by atoms with Crippen molar-refractivity contribution >= 4 is 11.8 Å². The molecule has 0 aromatic carbocycles. The maximum absolute atomic E-state index is 14.0. The molecule has 0 N–H and O–H groups in total. The van der Waals surface area contributed by atoms with Crippen molar-refractivity contribution in [3.63, 3.8) is 0 Å². The van der Waals surface area contributed by atoms with Gasteiger partial charge >= 0.3 is 0 Å². The molecule has 1 saturated heterocycles. The van der Waals surface area contributed by atoms with Crippen LogP contribution in [0.2, 0.25) is 0 Å². The fourth-order valence-corrected chi connectivity index (χ4v) is 3.82. The van der Waals surface area contributed by atoms with Gasteiger partial charge in [-0.25, -0.2) is 9.07 Å². The first kappa shape index (κ1) is 17.8. The zero-order valence-electron chi connectivity index (χ0n) is 14.9. The highest BCUT2D eigenvalue weighted by molar-refractivity contribution is 5.91. The van der Waals surface area contributed by atoms with Gasteiger partial charge in [-0.2, -0.15) is 0 Å². The Morgan fingerprint density at radius 3 is 2.68 bits per heavy atom. The number of carbonyl (C=O) groups is 2. The first-order chi connectivity index (χ1) is 12.0. The lowest BCUT2D eigenvalue weighted by Gasteiger charge is -2.30. The molecule has 1 aromatic heterocycles. The molecule has 25 heavy (non-hydrogen) atoms. The molecule has 2 atom stereocenters. The van der Waals surface area contributed by atoms with Crippen LogP contribution in [0, 0.1) is 5.92 Å². The van der Waals surface area contributed by atoms with Gasteiger partial charge in [0.15, 0.2) is 5.69 Å². The lowest BCUT2D eigenvalue weighted by molar-refractivity contribution is -0.137. The predicted octanol–water partition coefficient (Wildman–Crippen LogP) is 1.50. The molecule has 7 nitrogen and oxygen atoms in total. The zero-order chi connectivity index (χ0) is 18.0. The van der Waals surface area contributed by atoms with E-state index in [0.717, 1.165) is 25.7 Å². The van der Waals surface area contributed by atoms with E-state index >= 15 is 0 Å². The van der Waals surface area contributed by atoms with E-state index in [4.69, 9.17) is 0 Å². The number of halogens is 1. The molecular formula is C17H26FN5O2. The van der Waals surface area contributed by atoms with Gasteiger partial charge in [-0.05, 0) is 12.8 Å². The number of carbonyl (C=O) groups excluding carboxylic acids is 2. The number of aromatic nitrogens is 3. The quantitative estimate of drug-likeness (QED) is 0.824. The maximum atomic E-state index is 14.0. The minimum atomic E-state index is -0.996. The molecule has 138 valence electrons. The Bertz CT molecular complexity index is 626. The van der Waals surface area contributed by atoms with Crippen molar-refractivity contribution in [2.24, 2.45) is 5.92 Å². The average molecular weight is 351 g/mol. The topological polar surface area (TPSA) is 71.3 Å². The minimum Gasteiger partial charge on any atom is -0.343 e. The van der Waals surface area contributed by atoms with Crippen LogP contribution < -0.4 is 0 Å². The summed E-state index contributed by atoms with van der Waals surface area (Å²) in [7, 11) is 3.30. The molecule has 1 aliphatic carbocycles. The van der Waals surface area contributed by atoms with E-state index < -0.39 is 6.17 Å². The normalized spacial score (nSPS) is 24.5. The average Bonchev–Trinajstić information content (AvgIpc) is 3.21.